The van der Waals surface area contributed by atoms with Crippen LogP contribution in [0, 0.1) is 46.3 Å². The molecule has 0 amide bonds. The predicted molar refractivity (Wildman–Crippen MR) is 138 cm³/mol. The first-order chi connectivity index (χ1) is 15.7. The summed E-state index contributed by atoms with van der Waals surface area (Å²) in [5.74, 6) is 5.31. The van der Waals surface area contributed by atoms with Crippen LogP contribution in [0.3, 0.4) is 0 Å². The van der Waals surface area contributed by atoms with Gasteiger partial charge < -0.3 is 4.74 Å². The predicted octanol–water partition coefficient (Wildman–Crippen LogP) is 8.57. The van der Waals surface area contributed by atoms with Crippen molar-refractivity contribution < 1.29 is 9.53 Å². The number of alkyl halides is 1. The lowest BCUT2D eigenvalue weighted by Gasteiger charge is -2.58. The summed E-state index contributed by atoms with van der Waals surface area (Å²) in [6, 6.07) is 0. The number of carbonyl (C=O) groups excluding carboxylic acids is 1. The third-order valence-electron chi connectivity index (χ3n) is 10.8. The van der Waals surface area contributed by atoms with Crippen molar-refractivity contribution in [1.82, 2.24) is 0 Å². The zero-order valence-electron chi connectivity index (χ0n) is 22.0. The average molecular weight is 477 g/mol. The van der Waals surface area contributed by atoms with Crippen molar-refractivity contribution in [3.05, 3.63) is 11.6 Å². The van der Waals surface area contributed by atoms with Gasteiger partial charge in [-0.25, -0.2) is 0 Å². The maximum absolute atomic E-state index is 12.1. The van der Waals surface area contributed by atoms with Crippen molar-refractivity contribution in [3.63, 3.8) is 0 Å². The molecular formula is C30H49ClO2. The van der Waals surface area contributed by atoms with Crippen LogP contribution in [0.2, 0.25) is 0 Å². The van der Waals surface area contributed by atoms with Crippen molar-refractivity contribution in [3.8, 4) is 0 Å². The summed E-state index contributed by atoms with van der Waals surface area (Å²) in [6.07, 6.45) is 17.3. The normalized spacial score (nSPS) is 41.1. The number of carbonyl (C=O) groups is 1. The number of fused-ring (bicyclic) bond motifs is 5. The van der Waals surface area contributed by atoms with E-state index in [4.69, 9.17) is 16.3 Å². The van der Waals surface area contributed by atoms with Crippen LogP contribution in [0.1, 0.15) is 112 Å². The fourth-order valence-corrected chi connectivity index (χ4v) is 9.32. The van der Waals surface area contributed by atoms with Crippen molar-refractivity contribution >= 4 is 17.6 Å². The molecule has 8 unspecified atom stereocenters. The Morgan fingerprint density at radius 1 is 1.12 bits per heavy atom. The third kappa shape index (κ3) is 4.94. The summed E-state index contributed by atoms with van der Waals surface area (Å²) in [4.78, 5) is 12.1. The van der Waals surface area contributed by atoms with Gasteiger partial charge in [0.2, 0.25) is 0 Å². The summed E-state index contributed by atoms with van der Waals surface area (Å²) in [6.45, 7) is 12.5. The molecule has 0 aromatic rings. The zero-order valence-corrected chi connectivity index (χ0v) is 22.8. The van der Waals surface area contributed by atoms with Gasteiger partial charge in [-0.3, -0.25) is 4.79 Å². The summed E-state index contributed by atoms with van der Waals surface area (Å²) in [5, 5.41) is 0. The fraction of sp³-hybridized carbons (Fsp3) is 0.900. The first-order valence-electron chi connectivity index (χ1n) is 14.1. The van der Waals surface area contributed by atoms with Gasteiger partial charge in [-0.15, -0.1) is 11.6 Å². The van der Waals surface area contributed by atoms with E-state index in [-0.39, 0.29) is 17.5 Å². The number of halogens is 1. The molecule has 0 aromatic heterocycles. The van der Waals surface area contributed by atoms with Crippen LogP contribution in [0.15, 0.2) is 11.6 Å². The molecule has 0 heterocycles. The number of hydrogen-bond acceptors (Lipinski definition) is 2. The van der Waals surface area contributed by atoms with E-state index in [1.165, 1.54) is 51.4 Å². The average Bonchev–Trinajstić information content (AvgIpc) is 3.10. The van der Waals surface area contributed by atoms with Crippen LogP contribution in [0.25, 0.3) is 0 Å². The highest BCUT2D eigenvalue weighted by Gasteiger charge is 2.59. The molecule has 0 N–H and O–H groups in total. The highest BCUT2D eigenvalue weighted by Crippen LogP contribution is 2.67. The van der Waals surface area contributed by atoms with E-state index in [1.54, 1.807) is 5.57 Å². The Bertz CT molecular complexity index is 729. The molecule has 188 valence electrons. The van der Waals surface area contributed by atoms with Crippen LogP contribution in [0.5, 0.6) is 0 Å². The first kappa shape index (κ1) is 25.6. The Morgan fingerprint density at radius 3 is 2.64 bits per heavy atom. The Labute approximate surface area is 208 Å². The largest absolute Gasteiger partial charge is 0.462 e. The molecule has 4 aliphatic rings. The molecule has 2 nitrogen and oxygen atoms in total. The second kappa shape index (κ2) is 10.2. The molecule has 0 saturated heterocycles. The van der Waals surface area contributed by atoms with Gasteiger partial charge in [-0.05, 0) is 97.7 Å². The van der Waals surface area contributed by atoms with Gasteiger partial charge in [-0.1, -0.05) is 65.5 Å². The van der Waals surface area contributed by atoms with Crippen LogP contribution in [0.4, 0.5) is 0 Å². The lowest BCUT2D eigenvalue weighted by atomic mass is 9.47. The summed E-state index contributed by atoms with van der Waals surface area (Å²) in [5.41, 5.74) is 2.42. The van der Waals surface area contributed by atoms with Crippen molar-refractivity contribution in [2.24, 2.45) is 46.3 Å². The minimum Gasteiger partial charge on any atom is -0.462 e. The molecular weight excluding hydrogens is 428 g/mol. The number of ether oxygens (including phenoxy) is 1. The summed E-state index contributed by atoms with van der Waals surface area (Å²) < 4.78 is 5.88. The Kier molecular flexibility index (Phi) is 7.94. The van der Waals surface area contributed by atoms with E-state index in [1.807, 2.05) is 0 Å². The molecule has 4 rings (SSSR count). The molecule has 0 aliphatic heterocycles. The Hall–Kier alpha value is -0.500. The molecule has 0 bridgehead atoms. The lowest BCUT2D eigenvalue weighted by molar-refractivity contribution is -0.153. The maximum atomic E-state index is 12.1. The van der Waals surface area contributed by atoms with Crippen LogP contribution < -0.4 is 0 Å². The van der Waals surface area contributed by atoms with Gasteiger partial charge in [0.05, 0.1) is 6.42 Å². The van der Waals surface area contributed by atoms with Gasteiger partial charge in [-0.2, -0.15) is 0 Å². The Morgan fingerprint density at radius 2 is 1.91 bits per heavy atom. The minimum absolute atomic E-state index is 0.0761. The second-order valence-corrected chi connectivity index (χ2v) is 13.5. The Balaban J connectivity index is 1.46. The SMILES string of the molecule is CC(C)CCCC(C)C1CCC2C3CC=C4CCC(OC(=O)CCCl)CC4(C)C3CCC12C. The zero-order chi connectivity index (χ0) is 23.8. The number of hydrogen-bond donors (Lipinski definition) is 0. The van der Waals surface area contributed by atoms with E-state index in [0.29, 0.717) is 17.7 Å². The molecule has 8 atom stereocenters. The van der Waals surface area contributed by atoms with Crippen molar-refractivity contribution in [2.45, 2.75) is 118 Å². The first-order valence-corrected chi connectivity index (χ1v) is 14.7. The van der Waals surface area contributed by atoms with Gasteiger partial charge in [0.25, 0.3) is 0 Å². The summed E-state index contributed by atoms with van der Waals surface area (Å²) in [7, 11) is 0. The quantitative estimate of drug-likeness (QED) is 0.199. The number of allylic oxidation sites excluding steroid dienone is 2. The number of esters is 1. The van der Waals surface area contributed by atoms with E-state index in [2.05, 4.69) is 40.7 Å². The summed E-state index contributed by atoms with van der Waals surface area (Å²) >= 11 is 5.77. The molecule has 0 aromatic carbocycles. The molecule has 3 fully saturated rings. The minimum atomic E-state index is -0.111. The second-order valence-electron chi connectivity index (χ2n) is 13.1. The molecule has 0 radical (unpaired) electrons. The highest BCUT2D eigenvalue weighted by molar-refractivity contribution is 6.18. The molecule has 3 saturated carbocycles. The van der Waals surface area contributed by atoms with Crippen LogP contribution in [-0.4, -0.2) is 18.0 Å². The smallest absolute Gasteiger partial charge is 0.307 e. The van der Waals surface area contributed by atoms with Crippen molar-refractivity contribution in [1.29, 1.82) is 0 Å². The van der Waals surface area contributed by atoms with Crippen molar-refractivity contribution in [2.75, 3.05) is 5.88 Å². The van der Waals surface area contributed by atoms with Gasteiger partial charge in [0.1, 0.15) is 6.10 Å². The monoisotopic (exact) mass is 476 g/mol. The van der Waals surface area contributed by atoms with Gasteiger partial charge in [0.15, 0.2) is 0 Å². The molecule has 3 heteroatoms. The van der Waals surface area contributed by atoms with E-state index in [9.17, 15) is 4.79 Å². The van der Waals surface area contributed by atoms with Crippen LogP contribution in [-0.2, 0) is 9.53 Å². The highest BCUT2D eigenvalue weighted by atomic mass is 35.5. The fourth-order valence-electron chi connectivity index (χ4n) is 9.17. The lowest BCUT2D eigenvalue weighted by Crippen LogP contribution is -2.51. The van der Waals surface area contributed by atoms with Gasteiger partial charge in [0, 0.05) is 5.88 Å². The van der Waals surface area contributed by atoms with E-state index < -0.39 is 0 Å². The van der Waals surface area contributed by atoms with E-state index in [0.717, 1.165) is 54.8 Å². The molecule has 0 spiro atoms. The standard InChI is InChI=1S/C30H49ClO2/c1-20(2)7-6-8-21(3)25-13-14-26-24-12-10-22-9-11-23(33-28(32)16-18-31)19-30(22,5)27(24)15-17-29(25,26)4/h10,20-21,23-27H,6-9,11-19H2,1-5H3. The topological polar surface area (TPSA) is 26.3 Å². The number of rotatable bonds is 8. The van der Waals surface area contributed by atoms with Crippen LogP contribution >= 0.6 is 11.6 Å². The third-order valence-corrected chi connectivity index (χ3v) is 11.0. The maximum Gasteiger partial charge on any atom is 0.307 e. The van der Waals surface area contributed by atoms with Gasteiger partial charge >= 0.3 is 5.97 Å². The molecule has 4 aliphatic carbocycles. The van der Waals surface area contributed by atoms with E-state index >= 15 is 0 Å². The molecule has 33 heavy (non-hydrogen) atoms.